The van der Waals surface area contributed by atoms with Gasteiger partial charge in [-0.2, -0.15) is 0 Å². The van der Waals surface area contributed by atoms with E-state index in [-0.39, 0.29) is 31.0 Å². The van der Waals surface area contributed by atoms with Gasteiger partial charge in [-0.1, -0.05) is 0 Å². The van der Waals surface area contributed by atoms with Crippen molar-refractivity contribution in [1.29, 1.82) is 0 Å². The predicted octanol–water partition coefficient (Wildman–Crippen LogP) is 2.02. The van der Waals surface area contributed by atoms with Crippen LogP contribution in [0, 0.1) is 13.8 Å². The lowest BCUT2D eigenvalue weighted by Crippen LogP contribution is -2.52. The summed E-state index contributed by atoms with van der Waals surface area (Å²) in [6.45, 7) is 19.2. The van der Waals surface area contributed by atoms with Crippen molar-refractivity contribution in [1.82, 2.24) is 19.6 Å². The Labute approximate surface area is 241 Å². The number of sulfone groups is 1. The fourth-order valence-corrected chi connectivity index (χ4v) is 7.78. The summed E-state index contributed by atoms with van der Waals surface area (Å²) in [5.41, 5.74) is 1.33. The largest absolute Gasteiger partial charge is 0.497 e. The van der Waals surface area contributed by atoms with Crippen LogP contribution in [-0.4, -0.2) is 137 Å². The SMILES string of the molecule is COc1cc(C)c(S(=O)(=O)CN2CCOC[C@H]2COCC(=O)N2CCN(CCN(C(C)C)C(C)C)CC2)c(C)c1. The van der Waals surface area contributed by atoms with E-state index in [9.17, 15) is 13.2 Å². The zero-order valence-corrected chi connectivity index (χ0v) is 26.3. The molecule has 0 aliphatic carbocycles. The van der Waals surface area contributed by atoms with Crippen molar-refractivity contribution in [3.63, 3.8) is 0 Å². The van der Waals surface area contributed by atoms with Crippen molar-refractivity contribution >= 4 is 15.7 Å². The summed E-state index contributed by atoms with van der Waals surface area (Å²) in [6, 6.07) is 4.29. The van der Waals surface area contributed by atoms with E-state index in [0.717, 1.165) is 26.2 Å². The Hall–Kier alpha value is -1.76. The van der Waals surface area contributed by atoms with Crippen LogP contribution in [-0.2, 0) is 24.1 Å². The topological polar surface area (TPSA) is 91.9 Å². The summed E-state index contributed by atoms with van der Waals surface area (Å²) in [6.07, 6.45) is 0. The minimum absolute atomic E-state index is 0.0116. The van der Waals surface area contributed by atoms with E-state index in [1.807, 2.05) is 9.80 Å². The van der Waals surface area contributed by atoms with E-state index in [2.05, 4.69) is 37.5 Å². The number of rotatable bonds is 13. The molecule has 2 fully saturated rings. The monoisotopic (exact) mass is 582 g/mol. The molecule has 10 nitrogen and oxygen atoms in total. The molecule has 1 aromatic rings. The van der Waals surface area contributed by atoms with E-state index in [1.165, 1.54) is 0 Å². The molecule has 0 radical (unpaired) electrons. The van der Waals surface area contributed by atoms with E-state index in [0.29, 0.717) is 66.7 Å². The smallest absolute Gasteiger partial charge is 0.248 e. The summed E-state index contributed by atoms with van der Waals surface area (Å²) < 4.78 is 43.6. The van der Waals surface area contributed by atoms with Crippen LogP contribution in [0.1, 0.15) is 38.8 Å². The van der Waals surface area contributed by atoms with Gasteiger partial charge in [-0.25, -0.2) is 8.42 Å². The highest BCUT2D eigenvalue weighted by Crippen LogP contribution is 2.27. The maximum Gasteiger partial charge on any atom is 0.248 e. The average molecular weight is 583 g/mol. The third kappa shape index (κ3) is 8.87. The van der Waals surface area contributed by atoms with Crippen LogP contribution in [0.4, 0.5) is 0 Å². The molecule has 2 aliphatic rings. The second-order valence-electron chi connectivity index (χ2n) is 11.5. The van der Waals surface area contributed by atoms with Gasteiger partial charge in [-0.05, 0) is 64.8 Å². The number of amides is 1. The normalized spacial score (nSPS) is 19.6. The fraction of sp³-hybridized carbons (Fsp3) is 0.759. The number of benzene rings is 1. The molecule has 0 bridgehead atoms. The van der Waals surface area contributed by atoms with Crippen molar-refractivity contribution in [3.8, 4) is 5.75 Å². The van der Waals surface area contributed by atoms with E-state index in [4.69, 9.17) is 14.2 Å². The molecule has 0 aromatic heterocycles. The summed E-state index contributed by atoms with van der Waals surface area (Å²) in [7, 11) is -2.02. The number of hydrogen-bond acceptors (Lipinski definition) is 9. The van der Waals surface area contributed by atoms with Crippen LogP contribution in [0.5, 0.6) is 5.75 Å². The van der Waals surface area contributed by atoms with Crippen molar-refractivity contribution in [2.75, 3.05) is 85.2 Å². The second-order valence-corrected chi connectivity index (χ2v) is 13.4. The van der Waals surface area contributed by atoms with Gasteiger partial charge in [0.2, 0.25) is 5.91 Å². The number of aryl methyl sites for hydroxylation is 2. The second kappa shape index (κ2) is 14.9. The first-order valence-electron chi connectivity index (χ1n) is 14.5. The Morgan fingerprint density at radius 1 is 1.05 bits per heavy atom. The first-order valence-corrected chi connectivity index (χ1v) is 16.1. The van der Waals surface area contributed by atoms with Gasteiger partial charge in [0, 0.05) is 57.9 Å². The molecule has 40 heavy (non-hydrogen) atoms. The number of hydrogen-bond donors (Lipinski definition) is 0. The quantitative estimate of drug-likeness (QED) is 0.346. The molecule has 2 aliphatic heterocycles. The van der Waals surface area contributed by atoms with Gasteiger partial charge in [0.05, 0.1) is 37.9 Å². The maximum absolute atomic E-state index is 13.4. The third-order valence-corrected chi connectivity index (χ3v) is 9.87. The number of ether oxygens (including phenoxy) is 3. The Morgan fingerprint density at radius 3 is 2.25 bits per heavy atom. The Bertz CT molecular complexity index is 1040. The minimum atomic E-state index is -3.59. The van der Waals surface area contributed by atoms with Crippen molar-refractivity contribution in [2.24, 2.45) is 0 Å². The number of carbonyl (C=O) groups is 1. The Kier molecular flexibility index (Phi) is 12.2. The highest BCUT2D eigenvalue weighted by Gasteiger charge is 2.31. The molecular weight excluding hydrogens is 532 g/mol. The average Bonchev–Trinajstić information content (AvgIpc) is 2.88. The molecule has 11 heteroatoms. The molecule has 1 amide bonds. The minimum Gasteiger partial charge on any atom is -0.497 e. The molecule has 2 saturated heterocycles. The molecule has 0 saturated carbocycles. The maximum atomic E-state index is 13.4. The zero-order valence-electron chi connectivity index (χ0n) is 25.5. The number of methoxy groups -OCH3 is 1. The highest BCUT2D eigenvalue weighted by atomic mass is 32.2. The van der Waals surface area contributed by atoms with Gasteiger partial charge in [-0.15, -0.1) is 0 Å². The Morgan fingerprint density at radius 2 is 1.68 bits per heavy atom. The molecule has 228 valence electrons. The van der Waals surface area contributed by atoms with Gasteiger partial charge < -0.3 is 19.1 Å². The summed E-state index contributed by atoms with van der Waals surface area (Å²) in [5.74, 6) is 0.492. The van der Waals surface area contributed by atoms with Crippen LogP contribution < -0.4 is 4.74 Å². The third-order valence-electron chi connectivity index (χ3n) is 7.93. The lowest BCUT2D eigenvalue weighted by Gasteiger charge is -2.38. The zero-order chi connectivity index (χ0) is 29.4. The van der Waals surface area contributed by atoms with E-state index >= 15 is 0 Å². The lowest BCUT2D eigenvalue weighted by atomic mass is 10.1. The summed E-state index contributed by atoms with van der Waals surface area (Å²) in [5, 5.41) is 0. The van der Waals surface area contributed by atoms with Gasteiger partial charge in [0.15, 0.2) is 9.84 Å². The molecule has 0 spiro atoms. The van der Waals surface area contributed by atoms with Gasteiger partial charge >= 0.3 is 0 Å². The van der Waals surface area contributed by atoms with Crippen LogP contribution in [0.3, 0.4) is 0 Å². The Balaban J connectivity index is 1.47. The molecule has 1 aromatic carbocycles. The summed E-state index contributed by atoms with van der Waals surface area (Å²) >= 11 is 0. The molecule has 0 unspecified atom stereocenters. The van der Waals surface area contributed by atoms with Gasteiger partial charge in [0.25, 0.3) is 0 Å². The molecule has 0 N–H and O–H groups in total. The summed E-state index contributed by atoms with van der Waals surface area (Å²) in [4.78, 5) is 21.9. The first kappa shape index (κ1) is 32.8. The van der Waals surface area contributed by atoms with Crippen LogP contribution in [0.15, 0.2) is 17.0 Å². The lowest BCUT2D eigenvalue weighted by molar-refractivity contribution is -0.139. The van der Waals surface area contributed by atoms with Crippen molar-refractivity contribution < 1.29 is 27.4 Å². The predicted molar refractivity (Wildman–Crippen MR) is 157 cm³/mol. The van der Waals surface area contributed by atoms with Crippen LogP contribution in [0.2, 0.25) is 0 Å². The fourth-order valence-electron chi connectivity index (χ4n) is 5.78. The van der Waals surface area contributed by atoms with Gasteiger partial charge in [0.1, 0.15) is 18.2 Å². The van der Waals surface area contributed by atoms with Gasteiger partial charge in [-0.3, -0.25) is 19.5 Å². The highest BCUT2D eigenvalue weighted by molar-refractivity contribution is 7.91. The number of piperazine rings is 1. The number of nitrogens with zero attached hydrogens (tertiary/aromatic N) is 4. The number of carbonyl (C=O) groups excluding carboxylic acids is 1. The van der Waals surface area contributed by atoms with Crippen LogP contribution in [0.25, 0.3) is 0 Å². The van der Waals surface area contributed by atoms with Crippen molar-refractivity contribution in [3.05, 3.63) is 23.3 Å². The molecule has 2 heterocycles. The van der Waals surface area contributed by atoms with E-state index < -0.39 is 9.84 Å². The number of morpholine rings is 1. The molecule has 1 atom stereocenters. The van der Waals surface area contributed by atoms with Crippen LogP contribution >= 0.6 is 0 Å². The molecular formula is C29H50N4O6S. The molecule has 3 rings (SSSR count). The first-order chi connectivity index (χ1) is 18.9. The van der Waals surface area contributed by atoms with E-state index in [1.54, 1.807) is 33.1 Å². The van der Waals surface area contributed by atoms with Crippen molar-refractivity contribution in [2.45, 2.75) is 64.6 Å². The standard InChI is InChI=1S/C29H50N4O6S/c1-22(2)33(23(3)4)13-10-30-8-11-31(12-9-30)28(34)20-39-19-26-18-38-15-14-32(26)21-40(35,36)29-24(5)16-27(37-7)17-25(29)6/h16-17,22-23,26H,8-15,18-21H2,1-7H3/t26-/m0/s1.